The summed E-state index contributed by atoms with van der Waals surface area (Å²) in [7, 11) is 0. The Morgan fingerprint density at radius 1 is 1.14 bits per heavy atom. The van der Waals surface area contributed by atoms with Crippen molar-refractivity contribution in [1.82, 2.24) is 14.5 Å². The highest BCUT2D eigenvalue weighted by Crippen LogP contribution is 2.39. The highest BCUT2D eigenvalue weighted by Gasteiger charge is 2.48. The lowest BCUT2D eigenvalue weighted by molar-refractivity contribution is -0.139. The van der Waals surface area contributed by atoms with Gasteiger partial charge in [0.05, 0.1) is 42.5 Å². The maximum atomic E-state index is 14.6. The third-order valence-electron chi connectivity index (χ3n) is 4.65. The third kappa shape index (κ3) is 5.77. The van der Waals surface area contributed by atoms with E-state index in [4.69, 9.17) is 31.4 Å². The van der Waals surface area contributed by atoms with Crippen LogP contribution in [0.25, 0.3) is 0 Å². The van der Waals surface area contributed by atoms with Gasteiger partial charge in [-0.05, 0) is 12.1 Å². The summed E-state index contributed by atoms with van der Waals surface area (Å²) in [5.74, 6) is -8.74. The number of nitrogens with zero attached hydrogens (tertiary/aromatic N) is 5. The number of hydrogen-bond acceptors (Lipinski definition) is 8. The molecule has 0 saturated carbocycles. The Kier molecular flexibility index (Phi) is 8.27. The Morgan fingerprint density at radius 2 is 1.84 bits per heavy atom. The molecule has 1 N–H and O–H groups in total. The highest BCUT2D eigenvalue weighted by atomic mass is 35.5. The fourth-order valence-corrected chi connectivity index (χ4v) is 3.16. The summed E-state index contributed by atoms with van der Waals surface area (Å²) in [5.41, 5.74) is -3.88. The van der Waals surface area contributed by atoms with Crippen LogP contribution in [0, 0.1) is 28.5 Å². The first kappa shape index (κ1) is 27.3. The molecule has 15 heteroatoms. The third-order valence-corrected chi connectivity index (χ3v) is 4.87. The van der Waals surface area contributed by atoms with Crippen LogP contribution in [0.5, 0.6) is 17.2 Å². The van der Waals surface area contributed by atoms with Gasteiger partial charge in [-0.1, -0.05) is 11.6 Å². The van der Waals surface area contributed by atoms with E-state index in [-0.39, 0.29) is 35.2 Å². The van der Waals surface area contributed by atoms with Gasteiger partial charge in [0.2, 0.25) is 5.75 Å². The average Bonchev–Trinajstić information content (AvgIpc) is 2.86. The lowest BCUT2D eigenvalue weighted by atomic mass is 10.2. The molecule has 9 nitrogen and oxygen atoms in total. The van der Waals surface area contributed by atoms with Crippen molar-refractivity contribution in [2.24, 2.45) is 0 Å². The van der Waals surface area contributed by atoms with Crippen molar-refractivity contribution in [3.05, 3.63) is 74.4 Å². The van der Waals surface area contributed by atoms with Crippen LogP contribution in [0.2, 0.25) is 5.02 Å². The van der Waals surface area contributed by atoms with Crippen LogP contribution in [-0.2, 0) is 12.5 Å². The van der Waals surface area contributed by atoms with Gasteiger partial charge >= 0.3 is 12.3 Å². The standard InChI is InChI=1S/C22H13ClF5N5O4/c23-13-3-12(7-30)17(24)15(5-13)37-18-19(22(27,28)21(25)26)32-10-33(20(18)35)9-14-4-11(6-29)16(8-31-14)36-2-1-34/h3-5,8,10,21,34H,1-2,9H2. The van der Waals surface area contributed by atoms with Crippen molar-refractivity contribution in [3.63, 3.8) is 0 Å². The van der Waals surface area contributed by atoms with E-state index in [1.807, 2.05) is 6.07 Å². The van der Waals surface area contributed by atoms with E-state index in [0.717, 1.165) is 18.3 Å². The van der Waals surface area contributed by atoms with Crippen molar-refractivity contribution in [2.45, 2.75) is 18.9 Å². The van der Waals surface area contributed by atoms with E-state index < -0.39 is 53.0 Å². The first-order valence-electron chi connectivity index (χ1n) is 9.99. The maximum Gasteiger partial charge on any atom is 0.352 e. The number of halogens is 6. The summed E-state index contributed by atoms with van der Waals surface area (Å²) >= 11 is 5.77. The molecule has 0 aliphatic carbocycles. The zero-order valence-corrected chi connectivity index (χ0v) is 19.0. The molecular formula is C22H13ClF5N5O4. The average molecular weight is 542 g/mol. The van der Waals surface area contributed by atoms with Gasteiger partial charge in [0.25, 0.3) is 5.56 Å². The second kappa shape index (κ2) is 11.2. The van der Waals surface area contributed by atoms with E-state index >= 15 is 0 Å². The molecule has 0 amide bonds. The number of aliphatic hydroxyl groups excluding tert-OH is 1. The van der Waals surface area contributed by atoms with Gasteiger partial charge in [-0.25, -0.2) is 18.2 Å². The molecule has 2 heterocycles. The van der Waals surface area contributed by atoms with E-state index in [1.54, 1.807) is 0 Å². The minimum Gasteiger partial charge on any atom is -0.488 e. The van der Waals surface area contributed by atoms with E-state index in [1.165, 1.54) is 12.1 Å². The second-order valence-electron chi connectivity index (χ2n) is 7.11. The molecule has 37 heavy (non-hydrogen) atoms. The van der Waals surface area contributed by atoms with Gasteiger partial charge in [-0.2, -0.15) is 19.3 Å². The lowest BCUT2D eigenvalue weighted by Gasteiger charge is -2.19. The van der Waals surface area contributed by atoms with Gasteiger partial charge < -0.3 is 14.6 Å². The van der Waals surface area contributed by atoms with Crippen molar-refractivity contribution < 1.29 is 36.5 Å². The monoisotopic (exact) mass is 541 g/mol. The largest absolute Gasteiger partial charge is 0.488 e. The van der Waals surface area contributed by atoms with Gasteiger partial charge in [-0.3, -0.25) is 14.3 Å². The Bertz CT molecular complexity index is 1470. The predicted octanol–water partition coefficient (Wildman–Crippen LogP) is 3.74. The molecule has 0 fully saturated rings. The Morgan fingerprint density at radius 3 is 2.46 bits per heavy atom. The molecule has 0 saturated heterocycles. The summed E-state index contributed by atoms with van der Waals surface area (Å²) in [5, 5.41) is 26.9. The number of nitriles is 2. The Balaban J connectivity index is 2.12. The number of rotatable bonds is 9. The number of aromatic nitrogens is 3. The normalized spacial score (nSPS) is 11.2. The molecule has 0 radical (unpaired) electrons. The predicted molar refractivity (Wildman–Crippen MR) is 115 cm³/mol. The van der Waals surface area contributed by atoms with Crippen LogP contribution in [0.3, 0.4) is 0 Å². The Labute approximate surface area is 209 Å². The minimum absolute atomic E-state index is 0.0199. The number of hydrogen-bond donors (Lipinski definition) is 1. The van der Waals surface area contributed by atoms with Gasteiger partial charge in [0.15, 0.2) is 23.0 Å². The zero-order chi connectivity index (χ0) is 27.3. The lowest BCUT2D eigenvalue weighted by Crippen LogP contribution is -2.32. The number of pyridine rings is 1. The summed E-state index contributed by atoms with van der Waals surface area (Å²) in [6, 6.07) is 6.10. The van der Waals surface area contributed by atoms with Crippen LogP contribution in [0.1, 0.15) is 22.5 Å². The summed E-state index contributed by atoms with van der Waals surface area (Å²) in [4.78, 5) is 20.3. The molecule has 3 rings (SSSR count). The number of aliphatic hydroxyl groups is 1. The first-order chi connectivity index (χ1) is 17.5. The molecule has 0 aliphatic rings. The molecule has 0 unspecified atom stereocenters. The van der Waals surface area contributed by atoms with Crippen LogP contribution >= 0.6 is 11.6 Å². The van der Waals surface area contributed by atoms with E-state index in [2.05, 4.69) is 9.97 Å². The van der Waals surface area contributed by atoms with Gasteiger partial charge in [0.1, 0.15) is 18.7 Å². The molecule has 0 spiro atoms. The van der Waals surface area contributed by atoms with Crippen LogP contribution in [0.15, 0.2) is 35.5 Å². The maximum absolute atomic E-state index is 14.6. The van der Waals surface area contributed by atoms with Gasteiger partial charge in [0, 0.05) is 11.1 Å². The quantitative estimate of drug-likeness (QED) is 0.405. The van der Waals surface area contributed by atoms with E-state index in [0.29, 0.717) is 10.9 Å². The fraction of sp³-hybridized carbons (Fsp3) is 0.227. The molecule has 3 aromatic rings. The van der Waals surface area contributed by atoms with Crippen LogP contribution in [-0.4, -0.2) is 39.3 Å². The van der Waals surface area contributed by atoms with Crippen molar-refractivity contribution in [3.8, 4) is 29.4 Å². The van der Waals surface area contributed by atoms with Crippen molar-refractivity contribution in [2.75, 3.05) is 13.2 Å². The van der Waals surface area contributed by atoms with Crippen molar-refractivity contribution in [1.29, 1.82) is 10.5 Å². The number of alkyl halides is 4. The first-order valence-corrected chi connectivity index (χ1v) is 10.4. The van der Waals surface area contributed by atoms with E-state index in [9.17, 15) is 32.0 Å². The molecule has 0 aliphatic heterocycles. The minimum atomic E-state index is -4.97. The SMILES string of the molecule is N#Cc1cc(Cn2cnc(C(F)(F)C(F)F)c(Oc3cc(Cl)cc(C#N)c3F)c2=O)ncc1OCCO. The second-order valence-corrected chi connectivity index (χ2v) is 7.55. The summed E-state index contributed by atoms with van der Waals surface area (Å²) < 4.78 is 80.1. The van der Waals surface area contributed by atoms with Crippen molar-refractivity contribution >= 4 is 11.6 Å². The molecule has 192 valence electrons. The van der Waals surface area contributed by atoms with Crippen LogP contribution < -0.4 is 15.0 Å². The number of benzene rings is 1. The molecular weight excluding hydrogens is 529 g/mol. The van der Waals surface area contributed by atoms with Crippen LogP contribution in [0.4, 0.5) is 22.0 Å². The smallest absolute Gasteiger partial charge is 0.352 e. The molecule has 0 bridgehead atoms. The molecule has 0 atom stereocenters. The molecule has 1 aromatic carbocycles. The Hall–Kier alpha value is -4.27. The topological polar surface area (TPSA) is 134 Å². The fourth-order valence-electron chi connectivity index (χ4n) is 2.95. The summed E-state index contributed by atoms with van der Waals surface area (Å²) in [6.07, 6.45) is -2.66. The molecule has 2 aromatic heterocycles. The van der Waals surface area contributed by atoms with Gasteiger partial charge in [-0.15, -0.1) is 0 Å². The number of ether oxygens (including phenoxy) is 2. The highest BCUT2D eigenvalue weighted by molar-refractivity contribution is 6.30. The zero-order valence-electron chi connectivity index (χ0n) is 18.3. The summed E-state index contributed by atoms with van der Waals surface area (Å²) in [6.45, 7) is -0.971.